The summed E-state index contributed by atoms with van der Waals surface area (Å²) in [6.45, 7) is 7.87. The molecule has 1 aromatic heterocycles. The molecule has 4 aliphatic carbocycles. The van der Waals surface area contributed by atoms with Crippen molar-refractivity contribution in [3.63, 3.8) is 0 Å². The third kappa shape index (κ3) is 6.99. The van der Waals surface area contributed by atoms with Gasteiger partial charge < -0.3 is 29.9 Å². The molecule has 57 heavy (non-hydrogen) atoms. The number of fused-ring (bicyclic) bond motifs is 6. The Morgan fingerprint density at radius 3 is 2.51 bits per heavy atom. The number of carbonyl (C=O) groups is 6. The topological polar surface area (TPSA) is 185 Å². The number of aryl methyl sites for hydroxylation is 1. The molecule has 13 nitrogen and oxygen atoms in total. The number of rotatable bonds is 11. The first-order chi connectivity index (χ1) is 27.2. The van der Waals surface area contributed by atoms with E-state index < -0.39 is 40.0 Å². The molecule has 0 bridgehead atoms. The van der Waals surface area contributed by atoms with E-state index in [1.165, 1.54) is 22.2 Å². The number of nitrogens with one attached hydrogen (secondary N) is 2. The molecule has 6 aliphatic rings. The standard InChI is InChI=1S/C43H52N4O9S/c1-22-33(38(51)45-35-39(52)47-36(41(53)54)42(2,3)57-40(35)47)34(46-56-22)23-8-10-24(11-9-23)37(50)44-20-6-5-7-32(49)55-31-17-16-30-29-14-12-25-21-26(48)13-15-27(25)28(29)18-19-43(30,31)4/h8-11,21,27-31,35-36,40H,5-7,12-20H2,1-4H3,(H,44,50)(H,45,51)(H,53,54). The van der Waals surface area contributed by atoms with Gasteiger partial charge in [-0.25, -0.2) is 4.79 Å². The van der Waals surface area contributed by atoms with Crippen molar-refractivity contribution in [3.8, 4) is 11.3 Å². The molecule has 5 fully saturated rings. The van der Waals surface area contributed by atoms with Crippen LogP contribution in [0.2, 0.25) is 0 Å². The quantitative estimate of drug-likeness (QED) is 0.141. The first-order valence-corrected chi connectivity index (χ1v) is 21.4. The van der Waals surface area contributed by atoms with Crippen molar-refractivity contribution < 1.29 is 43.1 Å². The summed E-state index contributed by atoms with van der Waals surface area (Å²) in [6, 6.07) is 4.74. The van der Waals surface area contributed by atoms with Crippen LogP contribution in [0, 0.1) is 36.0 Å². The van der Waals surface area contributed by atoms with Crippen molar-refractivity contribution in [2.24, 2.45) is 29.1 Å². The molecule has 2 saturated heterocycles. The van der Waals surface area contributed by atoms with Crippen LogP contribution in [0.15, 0.2) is 40.4 Å². The van der Waals surface area contributed by atoms with Crippen molar-refractivity contribution >= 4 is 47.2 Å². The zero-order valence-corrected chi connectivity index (χ0v) is 33.8. The fraction of sp³-hybridized carbons (Fsp3) is 0.605. The van der Waals surface area contributed by atoms with E-state index in [2.05, 4.69) is 22.7 Å². The van der Waals surface area contributed by atoms with Gasteiger partial charge in [-0.15, -0.1) is 11.8 Å². The van der Waals surface area contributed by atoms with Crippen LogP contribution < -0.4 is 10.6 Å². The summed E-state index contributed by atoms with van der Waals surface area (Å²) in [6.07, 6.45) is 11.5. The van der Waals surface area contributed by atoms with Gasteiger partial charge in [0.2, 0.25) is 5.91 Å². The van der Waals surface area contributed by atoms with Gasteiger partial charge in [-0.3, -0.25) is 24.0 Å². The highest BCUT2D eigenvalue weighted by atomic mass is 32.2. The van der Waals surface area contributed by atoms with Crippen molar-refractivity contribution in [3.05, 3.63) is 52.8 Å². The number of unbranched alkanes of at least 4 members (excludes halogenated alkanes) is 1. The normalized spacial score (nSPS) is 32.2. The molecule has 2 aromatic rings. The Balaban J connectivity index is 0.785. The van der Waals surface area contributed by atoms with Crippen LogP contribution in [-0.4, -0.2) is 85.5 Å². The van der Waals surface area contributed by atoms with Crippen molar-refractivity contribution in [2.75, 3.05) is 6.54 Å². The molecule has 304 valence electrons. The predicted octanol–water partition coefficient (Wildman–Crippen LogP) is 5.85. The summed E-state index contributed by atoms with van der Waals surface area (Å²) in [5.74, 6) is 0.425. The number of ketones is 1. The monoisotopic (exact) mass is 800 g/mol. The highest BCUT2D eigenvalue weighted by Gasteiger charge is 2.64. The number of aliphatic carboxylic acids is 1. The molecule has 3 heterocycles. The summed E-state index contributed by atoms with van der Waals surface area (Å²) >= 11 is 1.34. The number of esters is 1. The van der Waals surface area contributed by atoms with E-state index in [4.69, 9.17) is 9.26 Å². The minimum atomic E-state index is -1.08. The van der Waals surface area contributed by atoms with Crippen LogP contribution in [-0.2, 0) is 23.9 Å². The number of allylic oxidation sites excluding steroid dienone is 1. The van der Waals surface area contributed by atoms with E-state index in [-0.39, 0.29) is 46.2 Å². The second kappa shape index (κ2) is 15.0. The number of aromatic nitrogens is 1. The lowest BCUT2D eigenvalue weighted by Gasteiger charge is -2.53. The van der Waals surface area contributed by atoms with E-state index in [9.17, 15) is 33.9 Å². The molecule has 1 aromatic carbocycles. The lowest BCUT2D eigenvalue weighted by molar-refractivity contribution is -0.159. The summed E-state index contributed by atoms with van der Waals surface area (Å²) in [5, 5.41) is 19.0. The SMILES string of the molecule is Cc1onc(-c2ccc(C(=O)NCCCCC(=O)OC3CCC4C5CCC6=CC(=O)CCC6C5CCC34C)cc2)c1C(=O)NC1C(=O)N2C1SC(C)(C)C2C(=O)O. The average molecular weight is 801 g/mol. The second-order valence-electron chi connectivity index (χ2n) is 17.7. The largest absolute Gasteiger partial charge is 0.480 e. The molecule has 3 saturated carbocycles. The molecule has 2 aliphatic heterocycles. The third-order valence-corrected chi connectivity index (χ3v) is 15.6. The van der Waals surface area contributed by atoms with Crippen LogP contribution in [0.4, 0.5) is 0 Å². The van der Waals surface area contributed by atoms with Crippen molar-refractivity contribution in [2.45, 2.75) is 127 Å². The molecular formula is C43H52N4O9S. The number of hydrogen-bond acceptors (Lipinski definition) is 10. The van der Waals surface area contributed by atoms with Gasteiger partial charge in [-0.2, -0.15) is 0 Å². The number of carbonyl (C=O) groups excluding carboxylic acids is 5. The molecular weight excluding hydrogens is 749 g/mol. The fourth-order valence-electron chi connectivity index (χ4n) is 11.2. The van der Waals surface area contributed by atoms with Crippen LogP contribution in [0.3, 0.4) is 0 Å². The second-order valence-corrected chi connectivity index (χ2v) is 19.5. The maximum Gasteiger partial charge on any atom is 0.327 e. The first kappa shape index (κ1) is 39.4. The number of nitrogens with zero attached hydrogens (tertiary/aromatic N) is 2. The Morgan fingerprint density at radius 2 is 1.75 bits per heavy atom. The Morgan fingerprint density at radius 1 is 0.982 bits per heavy atom. The third-order valence-electron chi connectivity index (χ3n) is 14.1. The number of carboxylic acid groups (broad SMARTS) is 1. The fourth-order valence-corrected chi connectivity index (χ4v) is 12.8. The Bertz CT molecular complexity index is 2030. The zero-order valence-electron chi connectivity index (χ0n) is 33.0. The van der Waals surface area contributed by atoms with Crippen molar-refractivity contribution in [1.29, 1.82) is 0 Å². The molecule has 8 rings (SSSR count). The average Bonchev–Trinajstić information content (AvgIpc) is 3.81. The van der Waals surface area contributed by atoms with Gasteiger partial charge in [0.1, 0.15) is 40.6 Å². The molecule has 14 heteroatoms. The molecule has 9 unspecified atom stereocenters. The van der Waals surface area contributed by atoms with E-state index >= 15 is 0 Å². The summed E-state index contributed by atoms with van der Waals surface area (Å²) in [7, 11) is 0. The summed E-state index contributed by atoms with van der Waals surface area (Å²) < 4.78 is 10.8. The molecule has 3 N–H and O–H groups in total. The van der Waals surface area contributed by atoms with Gasteiger partial charge in [0, 0.05) is 40.7 Å². The van der Waals surface area contributed by atoms with Gasteiger partial charge in [0.15, 0.2) is 5.78 Å². The number of thioether (sulfide) groups is 1. The maximum atomic E-state index is 13.5. The van der Waals surface area contributed by atoms with Gasteiger partial charge in [0.25, 0.3) is 11.8 Å². The van der Waals surface area contributed by atoms with E-state index in [1.807, 2.05) is 6.08 Å². The Hall–Kier alpha value is -4.46. The first-order valence-electron chi connectivity index (χ1n) is 20.5. The highest BCUT2D eigenvalue weighted by Crippen LogP contribution is 2.62. The van der Waals surface area contributed by atoms with Gasteiger partial charge in [-0.05, 0) is 120 Å². The number of amides is 3. The predicted molar refractivity (Wildman–Crippen MR) is 210 cm³/mol. The van der Waals surface area contributed by atoms with Gasteiger partial charge >= 0.3 is 11.9 Å². The minimum Gasteiger partial charge on any atom is -0.480 e. The number of benzene rings is 1. The van der Waals surface area contributed by atoms with E-state index in [0.29, 0.717) is 67.0 Å². The van der Waals surface area contributed by atoms with Crippen LogP contribution in [0.25, 0.3) is 11.3 Å². The summed E-state index contributed by atoms with van der Waals surface area (Å²) in [4.78, 5) is 77.6. The number of carboxylic acids is 1. The van der Waals surface area contributed by atoms with E-state index in [1.54, 1.807) is 45.0 Å². The Kier molecular flexibility index (Phi) is 10.4. The van der Waals surface area contributed by atoms with Gasteiger partial charge in [-0.1, -0.05) is 29.8 Å². The van der Waals surface area contributed by atoms with E-state index in [0.717, 1.165) is 44.9 Å². The van der Waals surface area contributed by atoms with Crippen molar-refractivity contribution in [1.82, 2.24) is 20.7 Å². The molecule has 0 radical (unpaired) electrons. The molecule has 0 spiro atoms. The zero-order chi connectivity index (χ0) is 40.4. The van der Waals surface area contributed by atoms with Crippen LogP contribution in [0.1, 0.15) is 118 Å². The minimum absolute atomic E-state index is 0.00670. The number of β-lactam (4-membered cyclic amide) rings is 1. The van der Waals surface area contributed by atoms with Crippen LogP contribution in [0.5, 0.6) is 0 Å². The lowest BCUT2D eigenvalue weighted by atomic mass is 9.52. The lowest BCUT2D eigenvalue weighted by Crippen LogP contribution is -2.70. The Labute approximate surface area is 336 Å². The molecule has 3 amide bonds. The number of hydrogen-bond donors (Lipinski definition) is 3. The van der Waals surface area contributed by atoms with Gasteiger partial charge in [0.05, 0.1) is 0 Å². The summed E-state index contributed by atoms with van der Waals surface area (Å²) in [5.41, 5.74) is 2.76. The number of ether oxygens (including phenoxy) is 1. The van der Waals surface area contributed by atoms with Crippen LogP contribution >= 0.6 is 11.8 Å². The molecule has 9 atom stereocenters. The maximum absolute atomic E-state index is 13.5. The smallest absolute Gasteiger partial charge is 0.327 e. The highest BCUT2D eigenvalue weighted by molar-refractivity contribution is 8.01.